The van der Waals surface area contributed by atoms with Gasteiger partial charge in [0.2, 0.25) is 11.8 Å². The van der Waals surface area contributed by atoms with Crippen molar-refractivity contribution in [2.45, 2.75) is 103 Å². The number of hydrogen-bond acceptors (Lipinski definition) is 9. The Labute approximate surface area is 356 Å². The zero-order chi connectivity index (χ0) is 44.1. The molecule has 2 aromatic heterocycles. The maximum atomic E-state index is 13.8. The summed E-state index contributed by atoms with van der Waals surface area (Å²) in [5.74, 6) is -0.514. The lowest BCUT2D eigenvalue weighted by molar-refractivity contribution is -0.143. The van der Waals surface area contributed by atoms with Crippen LogP contribution in [0.1, 0.15) is 96.4 Å². The Morgan fingerprint density at radius 1 is 0.803 bits per heavy atom. The maximum Gasteiger partial charge on any atom is 0.425 e. The van der Waals surface area contributed by atoms with Crippen LogP contribution in [0.5, 0.6) is 0 Å². The van der Waals surface area contributed by atoms with Crippen molar-refractivity contribution in [3.63, 3.8) is 0 Å². The van der Waals surface area contributed by atoms with E-state index in [9.17, 15) is 19.2 Å². The van der Waals surface area contributed by atoms with E-state index in [-0.39, 0.29) is 47.8 Å². The van der Waals surface area contributed by atoms with Gasteiger partial charge in [-0.2, -0.15) is 0 Å². The molecular formula is C46H58N8O7. The number of nitrogens with zero attached hydrogens (tertiary/aromatic N) is 4. The minimum atomic E-state index is -0.721. The lowest BCUT2D eigenvalue weighted by Crippen LogP contribution is -2.53. The van der Waals surface area contributed by atoms with Crippen molar-refractivity contribution in [1.29, 1.82) is 0 Å². The molecular weight excluding hydrogens is 777 g/mol. The van der Waals surface area contributed by atoms with Crippen LogP contribution in [0.2, 0.25) is 0 Å². The lowest BCUT2D eigenvalue weighted by atomic mass is 9.78. The normalized spacial score (nSPS) is 21.6. The van der Waals surface area contributed by atoms with E-state index in [0.717, 1.165) is 69.2 Å². The fourth-order valence-electron chi connectivity index (χ4n) is 8.47. The van der Waals surface area contributed by atoms with Crippen molar-refractivity contribution >= 4 is 42.2 Å². The van der Waals surface area contributed by atoms with Crippen molar-refractivity contribution in [1.82, 2.24) is 40.8 Å². The second kappa shape index (κ2) is 19.0. The average molecular weight is 835 g/mol. The van der Waals surface area contributed by atoms with Gasteiger partial charge >= 0.3 is 12.2 Å². The zero-order valence-corrected chi connectivity index (χ0v) is 36.3. The highest BCUT2D eigenvalue weighted by atomic mass is 16.5. The minimum absolute atomic E-state index is 0.135. The summed E-state index contributed by atoms with van der Waals surface area (Å²) in [5, 5.41) is 4.40. The number of allylic oxidation sites excluding steroid dienone is 1. The number of hydrogen-bond donors (Lipinski definition) is 4. The third-order valence-electron chi connectivity index (χ3n) is 11.7. The van der Waals surface area contributed by atoms with Crippen molar-refractivity contribution in [2.24, 2.45) is 11.8 Å². The van der Waals surface area contributed by atoms with Crippen LogP contribution in [-0.2, 0) is 23.8 Å². The SMILES string of the molecule is C=C(/C=c1/ccc(-c2ccc(-c3cnc(C4C(C)OC(C)C4C(=O)N(NC(=O)OC)C(C)C)[nH]3)cc2)cc1=C)c1cnc([C@H]2CCCC[C@H]2C(=O)N(NC(=O)OC)C(C)C)[nH]1. The van der Waals surface area contributed by atoms with E-state index in [2.05, 4.69) is 34.0 Å². The number of aromatic amines is 2. The number of imidazole rings is 2. The van der Waals surface area contributed by atoms with Gasteiger partial charge in [0.1, 0.15) is 11.6 Å². The molecule has 4 N–H and O–H groups in total. The first kappa shape index (κ1) is 44.3. The molecule has 4 amide bonds. The fraction of sp³-hybridized carbons (Fsp3) is 0.435. The second-order valence-corrected chi connectivity index (χ2v) is 16.4. The molecule has 1 saturated carbocycles. The molecule has 6 atom stereocenters. The van der Waals surface area contributed by atoms with Gasteiger partial charge in [0.15, 0.2) is 0 Å². The zero-order valence-electron chi connectivity index (χ0n) is 36.3. The summed E-state index contributed by atoms with van der Waals surface area (Å²) in [5.41, 5.74) is 10.3. The summed E-state index contributed by atoms with van der Waals surface area (Å²) in [6, 6.07) is 13.7. The highest BCUT2D eigenvalue weighted by Crippen LogP contribution is 2.41. The Kier molecular flexibility index (Phi) is 13.8. The van der Waals surface area contributed by atoms with E-state index in [1.54, 1.807) is 12.4 Å². The number of aromatic nitrogens is 4. The van der Waals surface area contributed by atoms with Gasteiger partial charge < -0.3 is 24.2 Å². The Morgan fingerprint density at radius 2 is 1.39 bits per heavy atom. The first-order valence-electron chi connectivity index (χ1n) is 20.8. The van der Waals surface area contributed by atoms with Gasteiger partial charge in [-0.25, -0.2) is 40.4 Å². The number of amides is 4. The predicted octanol–water partition coefficient (Wildman–Crippen LogP) is 6.17. The Bertz CT molecular complexity index is 2350. The maximum absolute atomic E-state index is 13.8. The highest BCUT2D eigenvalue weighted by molar-refractivity contribution is 5.86. The van der Waals surface area contributed by atoms with E-state index in [1.165, 1.54) is 24.2 Å². The van der Waals surface area contributed by atoms with Crippen LogP contribution in [0.4, 0.5) is 9.59 Å². The van der Waals surface area contributed by atoms with Crippen molar-refractivity contribution in [3.05, 3.63) is 89.2 Å². The van der Waals surface area contributed by atoms with Crippen LogP contribution in [0, 0.1) is 11.8 Å². The number of benzene rings is 2. The lowest BCUT2D eigenvalue weighted by Gasteiger charge is -2.35. The van der Waals surface area contributed by atoms with Crippen LogP contribution in [0.3, 0.4) is 0 Å². The molecule has 15 nitrogen and oxygen atoms in total. The van der Waals surface area contributed by atoms with Gasteiger partial charge in [0.05, 0.1) is 62.0 Å². The fourth-order valence-corrected chi connectivity index (χ4v) is 8.47. The monoisotopic (exact) mass is 834 g/mol. The predicted molar refractivity (Wildman–Crippen MR) is 232 cm³/mol. The Balaban J connectivity index is 1.15. The summed E-state index contributed by atoms with van der Waals surface area (Å²) in [4.78, 5) is 67.9. The topological polar surface area (TPSA) is 184 Å². The second-order valence-electron chi connectivity index (χ2n) is 16.4. The summed E-state index contributed by atoms with van der Waals surface area (Å²) >= 11 is 0. The number of carbonyl (C=O) groups is 4. The van der Waals surface area contributed by atoms with Gasteiger partial charge in [-0.05, 0) is 99.2 Å². The average Bonchev–Trinajstić information content (AvgIpc) is 4.01. The number of ether oxygens (including phenoxy) is 3. The smallest absolute Gasteiger partial charge is 0.425 e. The number of H-pyrrole nitrogens is 2. The first-order chi connectivity index (χ1) is 29.1. The van der Waals surface area contributed by atoms with E-state index < -0.39 is 24.2 Å². The van der Waals surface area contributed by atoms with Gasteiger partial charge in [0, 0.05) is 23.9 Å². The highest BCUT2D eigenvalue weighted by Gasteiger charge is 2.49. The van der Waals surface area contributed by atoms with Crippen LogP contribution in [0.15, 0.2) is 61.4 Å². The minimum Gasteiger partial charge on any atom is -0.452 e. The third-order valence-corrected chi connectivity index (χ3v) is 11.7. The van der Waals surface area contributed by atoms with Crippen LogP contribution in [-0.4, -0.2) is 92.5 Å². The number of carbonyl (C=O) groups excluding carboxylic acids is 4. The molecule has 61 heavy (non-hydrogen) atoms. The summed E-state index contributed by atoms with van der Waals surface area (Å²) in [7, 11) is 2.53. The molecule has 1 aliphatic carbocycles. The van der Waals surface area contributed by atoms with Crippen molar-refractivity contribution < 1.29 is 33.4 Å². The van der Waals surface area contributed by atoms with Gasteiger partial charge in [-0.1, -0.05) is 62.4 Å². The van der Waals surface area contributed by atoms with Gasteiger partial charge in [-0.3, -0.25) is 9.59 Å². The van der Waals surface area contributed by atoms with Crippen LogP contribution >= 0.6 is 0 Å². The summed E-state index contributed by atoms with van der Waals surface area (Å²) < 4.78 is 15.6. The molecule has 1 aliphatic heterocycles. The Hall–Kier alpha value is -6.22. The molecule has 0 spiro atoms. The number of methoxy groups -OCH3 is 2. The molecule has 2 aromatic carbocycles. The van der Waals surface area contributed by atoms with Gasteiger partial charge in [-0.15, -0.1) is 0 Å². The standard InChI is InChI=1S/C46H58N8O7/c1-25(2)53(51-45(57)59-9)43(55)36-14-12-11-13-35(36)41-47-23-37(49-41)28(6)22-33-19-20-34(21-27(33)5)31-15-17-32(18-16-31)38-24-48-42(50-38)39-29(7)61-30(8)40(39)44(56)54(26(3)4)52-46(58)60-10/h15-26,29-30,35-36,39-40H,5-6,11-14H2,1-4,7-10H3,(H,47,49)(H,48,50)(H,51,57)(H,52,58)/b33-22-/t29?,30?,35-,36+,39?,40?/m0/s1. The van der Waals surface area contributed by atoms with Crippen LogP contribution in [0.25, 0.3) is 40.6 Å². The summed E-state index contributed by atoms with van der Waals surface area (Å²) in [6.07, 6.45) is 6.77. The molecule has 0 radical (unpaired) electrons. The third kappa shape index (κ3) is 9.72. The molecule has 3 heterocycles. The molecule has 4 unspecified atom stereocenters. The summed E-state index contributed by atoms with van der Waals surface area (Å²) in [6.45, 7) is 19.8. The quantitative estimate of drug-likeness (QED) is 0.136. The van der Waals surface area contributed by atoms with Crippen LogP contribution < -0.4 is 21.3 Å². The van der Waals surface area contributed by atoms with Crippen molar-refractivity contribution in [2.75, 3.05) is 14.2 Å². The molecule has 15 heteroatoms. The number of nitrogens with one attached hydrogen (secondary N) is 4. The molecule has 324 valence electrons. The van der Waals surface area contributed by atoms with E-state index in [4.69, 9.17) is 24.2 Å². The first-order valence-corrected chi connectivity index (χ1v) is 20.8. The van der Waals surface area contributed by atoms with Crippen molar-refractivity contribution in [3.8, 4) is 22.4 Å². The Morgan fingerprint density at radius 3 is 2.02 bits per heavy atom. The number of hydrazine groups is 2. The molecule has 4 aromatic rings. The van der Waals surface area contributed by atoms with E-state index >= 15 is 0 Å². The molecule has 2 aliphatic rings. The molecule has 2 fully saturated rings. The molecule has 0 bridgehead atoms. The van der Waals surface area contributed by atoms with Gasteiger partial charge in [0.25, 0.3) is 0 Å². The van der Waals surface area contributed by atoms with E-state index in [1.807, 2.05) is 90.1 Å². The van der Waals surface area contributed by atoms with E-state index in [0.29, 0.717) is 12.2 Å². The molecule has 6 rings (SSSR count). The number of rotatable bonds is 10. The molecule has 1 saturated heterocycles. The largest absolute Gasteiger partial charge is 0.452 e.